The molecular weight excluding hydrogens is 896 g/mol. The molecule has 5 heterocycles. The van der Waals surface area contributed by atoms with Crippen LogP contribution in [0.1, 0.15) is 46.3 Å². The number of rotatable bonds is 19. The van der Waals surface area contributed by atoms with Crippen molar-refractivity contribution in [2.45, 2.75) is 125 Å². The second-order valence-corrected chi connectivity index (χ2v) is 17.1. The maximum atomic E-state index is 13.9. The number of carboxylic acid groups (broad SMARTS) is 2. The molecule has 0 aromatic carbocycles. The Morgan fingerprint density at radius 3 is 2.27 bits per heavy atom. The van der Waals surface area contributed by atoms with Crippen molar-refractivity contribution >= 4 is 41.8 Å². The van der Waals surface area contributed by atoms with E-state index >= 15 is 0 Å². The molecule has 0 saturated carbocycles. The molecule has 0 radical (unpaired) electrons. The Morgan fingerprint density at radius 2 is 1.66 bits per heavy atom. The molecule has 4 aliphatic rings. The van der Waals surface area contributed by atoms with Gasteiger partial charge in [0.05, 0.1) is 6.04 Å². The normalized spacial score (nSPS) is 30.3. The minimum Gasteiger partial charge on any atom is -0.480 e. The van der Waals surface area contributed by atoms with Gasteiger partial charge in [0.1, 0.15) is 66.9 Å². The second kappa shape index (κ2) is 22.8. The number of guanidine groups is 1. The highest BCUT2D eigenvalue weighted by Gasteiger charge is 2.54. The number of aromatic nitrogens is 2. The van der Waals surface area contributed by atoms with Gasteiger partial charge in [-0.3, -0.25) is 34.0 Å². The van der Waals surface area contributed by atoms with Crippen LogP contribution in [0.15, 0.2) is 26.8 Å². The van der Waals surface area contributed by atoms with Crippen molar-refractivity contribution in [3.8, 4) is 0 Å². The number of hydrogen-bond donors (Lipinski definition) is 15. The average Bonchev–Trinajstić information content (AvgIpc) is 3.70. The topological polar surface area (TPSA) is 446 Å². The summed E-state index contributed by atoms with van der Waals surface area (Å²) < 4.78 is 18.0. The third-order valence-electron chi connectivity index (χ3n) is 11.7. The zero-order valence-electron chi connectivity index (χ0n) is 36.7. The number of likely N-dealkylation sites (tertiary alicyclic amines) is 1. The van der Waals surface area contributed by atoms with E-state index in [0.717, 1.165) is 16.8 Å². The SMILES string of the molecule is CC1CC(NC(=O)[C@@H](NC(=O)NC(=O)N[C@H](C(=O)O)C(C)C)[C@@H]2CCNC(N)=N2)C(=O)N(CCCN[C@H](C(=O)O)[C@H](OC2O[C@H](CN)[C@@H](O)[C@H]2O)[C@H]2O[C@@H](n3ccc(=O)[nH]c3=O)C(O)[C@@H]2O)C1. The van der Waals surface area contributed by atoms with Gasteiger partial charge in [-0.1, -0.05) is 20.8 Å². The summed E-state index contributed by atoms with van der Waals surface area (Å²) in [6.07, 6.45) is -13.8. The van der Waals surface area contributed by atoms with E-state index in [1.165, 1.54) is 4.90 Å². The number of ether oxygens (including phenoxy) is 3. The number of aliphatic hydroxyl groups excluding tert-OH is 4. The van der Waals surface area contributed by atoms with Gasteiger partial charge in [0.2, 0.25) is 11.8 Å². The number of aliphatic imine (C=N–C) groups is 1. The highest BCUT2D eigenvalue weighted by molar-refractivity contribution is 5.98. The van der Waals surface area contributed by atoms with Crippen LogP contribution in [-0.2, 0) is 33.4 Å². The fraction of sp³-hybridized carbons (Fsp3) is 0.711. The van der Waals surface area contributed by atoms with Crippen molar-refractivity contribution in [3.63, 3.8) is 0 Å². The first-order chi connectivity index (χ1) is 31.6. The number of H-pyrrole nitrogens is 1. The molecule has 374 valence electrons. The highest BCUT2D eigenvalue weighted by atomic mass is 16.7. The largest absolute Gasteiger partial charge is 0.480 e. The molecule has 29 heteroatoms. The van der Waals surface area contributed by atoms with E-state index in [4.69, 9.17) is 25.7 Å². The average molecular weight is 957 g/mol. The van der Waals surface area contributed by atoms with E-state index in [0.29, 0.717) is 0 Å². The monoisotopic (exact) mass is 956 g/mol. The maximum Gasteiger partial charge on any atom is 0.330 e. The Labute approximate surface area is 380 Å². The van der Waals surface area contributed by atoms with Crippen LogP contribution < -0.4 is 54.6 Å². The first kappa shape index (κ1) is 52.2. The Kier molecular flexibility index (Phi) is 17.8. The minimum atomic E-state index is -1.94. The smallest absolute Gasteiger partial charge is 0.330 e. The van der Waals surface area contributed by atoms with Gasteiger partial charge in [-0.05, 0) is 37.6 Å². The summed E-state index contributed by atoms with van der Waals surface area (Å²) in [5, 5.41) is 77.9. The molecule has 3 fully saturated rings. The third-order valence-corrected chi connectivity index (χ3v) is 11.7. The lowest BCUT2D eigenvalue weighted by Crippen LogP contribution is -2.62. The summed E-state index contributed by atoms with van der Waals surface area (Å²) in [7, 11) is 0. The van der Waals surface area contributed by atoms with Crippen LogP contribution in [0.4, 0.5) is 9.59 Å². The van der Waals surface area contributed by atoms with Crippen molar-refractivity contribution in [2.75, 3.05) is 32.7 Å². The second-order valence-electron chi connectivity index (χ2n) is 17.1. The molecule has 5 rings (SSSR count). The summed E-state index contributed by atoms with van der Waals surface area (Å²) in [5.74, 6) is -5.02. The third kappa shape index (κ3) is 12.8. The number of nitrogens with two attached hydrogens (primary N) is 2. The van der Waals surface area contributed by atoms with Crippen LogP contribution in [0.25, 0.3) is 0 Å². The van der Waals surface area contributed by atoms with Crippen LogP contribution >= 0.6 is 0 Å². The van der Waals surface area contributed by atoms with E-state index in [9.17, 15) is 69.0 Å². The van der Waals surface area contributed by atoms with Crippen molar-refractivity contribution in [3.05, 3.63) is 33.1 Å². The lowest BCUT2D eigenvalue weighted by atomic mass is 9.94. The highest BCUT2D eigenvalue weighted by Crippen LogP contribution is 2.34. The molecule has 1 aromatic heterocycles. The number of piperidine rings is 1. The summed E-state index contributed by atoms with van der Waals surface area (Å²) in [4.78, 5) is 110. The number of amides is 6. The van der Waals surface area contributed by atoms with Crippen LogP contribution in [0, 0.1) is 11.8 Å². The molecule has 67 heavy (non-hydrogen) atoms. The Morgan fingerprint density at radius 1 is 0.970 bits per heavy atom. The van der Waals surface area contributed by atoms with Crippen LogP contribution in [0.5, 0.6) is 0 Å². The number of hydrogen-bond acceptors (Lipinski definition) is 20. The zero-order chi connectivity index (χ0) is 49.4. The van der Waals surface area contributed by atoms with Gasteiger partial charge < -0.3 is 87.8 Å². The molecule has 15 atom stereocenters. The fourth-order valence-corrected chi connectivity index (χ4v) is 8.24. The molecule has 4 unspecified atom stereocenters. The van der Waals surface area contributed by atoms with E-state index in [1.807, 2.05) is 17.2 Å². The lowest BCUT2D eigenvalue weighted by molar-refractivity contribution is -0.228. The van der Waals surface area contributed by atoms with Gasteiger partial charge in [-0.25, -0.2) is 24.2 Å². The predicted octanol–water partition coefficient (Wildman–Crippen LogP) is -7.10. The van der Waals surface area contributed by atoms with Crippen LogP contribution in [0.3, 0.4) is 0 Å². The molecule has 29 nitrogen and oxygen atoms in total. The summed E-state index contributed by atoms with van der Waals surface area (Å²) >= 11 is 0. The number of aromatic amines is 1. The molecule has 1 aromatic rings. The number of carboxylic acids is 2. The van der Waals surface area contributed by atoms with Crippen molar-refractivity contribution in [1.29, 1.82) is 0 Å². The molecule has 6 amide bonds. The number of nitrogens with one attached hydrogen (secondary N) is 7. The Hall–Kier alpha value is -5.79. The van der Waals surface area contributed by atoms with Gasteiger partial charge in [0, 0.05) is 38.4 Å². The maximum absolute atomic E-state index is 13.9. The van der Waals surface area contributed by atoms with E-state index in [1.54, 1.807) is 13.8 Å². The van der Waals surface area contributed by atoms with Crippen molar-refractivity contribution in [2.24, 2.45) is 28.3 Å². The molecule has 17 N–H and O–H groups in total. The lowest BCUT2D eigenvalue weighted by Gasteiger charge is -2.37. The minimum absolute atomic E-state index is 0.00965. The summed E-state index contributed by atoms with van der Waals surface area (Å²) in [6.45, 7) is 4.99. The van der Waals surface area contributed by atoms with Crippen LogP contribution in [-0.4, -0.2) is 199 Å². The number of aliphatic hydroxyl groups is 4. The number of carbonyl (C=O) groups excluding carboxylic acids is 4. The molecule has 0 aliphatic carbocycles. The summed E-state index contributed by atoms with van der Waals surface area (Å²) in [6, 6.07) is -8.04. The zero-order valence-corrected chi connectivity index (χ0v) is 36.7. The first-order valence-electron chi connectivity index (χ1n) is 21.5. The van der Waals surface area contributed by atoms with Gasteiger partial charge >= 0.3 is 29.7 Å². The van der Waals surface area contributed by atoms with Gasteiger partial charge in [-0.15, -0.1) is 0 Å². The summed E-state index contributed by atoms with van der Waals surface area (Å²) in [5.41, 5.74) is 9.70. The molecular formula is C38H60N12O17. The van der Waals surface area contributed by atoms with Gasteiger partial charge in [0.15, 0.2) is 18.5 Å². The number of urea groups is 2. The van der Waals surface area contributed by atoms with E-state index < -0.39 is 138 Å². The Bertz CT molecular complexity index is 2110. The standard InChI is InChI=1S/C38H60N12O17/c1-14(2)20(32(58)59)46-36(62)48-37(63)47-21(16-5-8-42-35(40)44-16)29(56)43-17-11-15(3)13-49(30(17)57)9-4-7-41-22(33(60)61)27(67-34-26(55)23(52)18(12-39)65-34)28-24(53)25(54)31(66-28)50-10-6-19(51)45-38(50)64/h6,10,14-18,20-28,31,34,41,52-55H,4-5,7-9,11-13,39H2,1-3H3,(H,43,56)(H,58,59)(H,60,61)(H3,40,42,44)(H,45,51,64)(H3,46,47,48,62,63)/t15?,16-,17?,18+,20-,21-,22-,23+,24-,25?,26+,27-,28-,31+,34?/m0/s1. The molecule has 0 spiro atoms. The van der Waals surface area contributed by atoms with E-state index in [2.05, 4.69) is 31.6 Å². The quantitative estimate of drug-likeness (QED) is 0.0573. The van der Waals surface area contributed by atoms with Gasteiger partial charge in [-0.2, -0.15) is 0 Å². The first-order valence-corrected chi connectivity index (χ1v) is 21.5. The molecule has 4 aliphatic heterocycles. The van der Waals surface area contributed by atoms with Crippen molar-refractivity contribution in [1.82, 2.24) is 46.4 Å². The number of carbonyl (C=O) groups is 6. The fourth-order valence-electron chi connectivity index (χ4n) is 8.24. The van der Waals surface area contributed by atoms with E-state index in [-0.39, 0.29) is 63.9 Å². The number of aliphatic carboxylic acids is 2. The van der Waals surface area contributed by atoms with Crippen LogP contribution in [0.2, 0.25) is 0 Å². The van der Waals surface area contributed by atoms with Crippen molar-refractivity contribution < 1.29 is 73.6 Å². The number of imide groups is 1. The predicted molar refractivity (Wildman–Crippen MR) is 226 cm³/mol. The van der Waals surface area contributed by atoms with Gasteiger partial charge in [0.25, 0.3) is 5.56 Å². The number of nitrogens with zero attached hydrogens (tertiary/aromatic N) is 3. The molecule has 3 saturated heterocycles. The Balaban J connectivity index is 1.26. The molecule has 0 bridgehead atoms.